The number of thiophene rings is 2. The SMILES string of the molecule is CCC[CH2][Sn]([CH2]CCC)([CH2]CCC)[c]1ccsc1-c1cccs1. The van der Waals surface area contributed by atoms with Crippen LogP contribution in [0.25, 0.3) is 9.75 Å². The zero-order valence-electron chi connectivity index (χ0n) is 15.1. The summed E-state index contributed by atoms with van der Waals surface area (Å²) in [5.41, 5.74) is 0. The summed E-state index contributed by atoms with van der Waals surface area (Å²) in [5, 5.41) is 4.61. The van der Waals surface area contributed by atoms with E-state index in [2.05, 4.69) is 49.7 Å². The van der Waals surface area contributed by atoms with E-state index in [0.717, 1.165) is 0 Å². The number of unbranched alkanes of at least 4 members (excludes halogenated alkanes) is 3. The normalized spacial score (nSPS) is 12.0. The van der Waals surface area contributed by atoms with E-state index in [-0.39, 0.29) is 0 Å². The van der Waals surface area contributed by atoms with Gasteiger partial charge in [0.25, 0.3) is 0 Å². The molecule has 0 radical (unpaired) electrons. The van der Waals surface area contributed by atoms with Crippen molar-refractivity contribution in [3.63, 3.8) is 0 Å². The van der Waals surface area contributed by atoms with E-state index in [1.54, 1.807) is 18.2 Å². The van der Waals surface area contributed by atoms with Gasteiger partial charge in [-0.2, -0.15) is 0 Å². The van der Waals surface area contributed by atoms with Crippen molar-refractivity contribution >= 4 is 44.6 Å². The van der Waals surface area contributed by atoms with E-state index in [1.807, 2.05) is 26.3 Å². The summed E-state index contributed by atoms with van der Waals surface area (Å²) in [4.78, 5) is 3.15. The Morgan fingerprint density at radius 2 is 1.39 bits per heavy atom. The zero-order chi connectivity index (χ0) is 16.5. The molecule has 0 aliphatic heterocycles. The monoisotopic (exact) mass is 456 g/mol. The summed E-state index contributed by atoms with van der Waals surface area (Å²) in [5.74, 6) is 0. The first-order chi connectivity index (χ1) is 11.3. The van der Waals surface area contributed by atoms with Gasteiger partial charge in [-0.25, -0.2) is 0 Å². The average molecular weight is 455 g/mol. The number of hydrogen-bond acceptors (Lipinski definition) is 2. The van der Waals surface area contributed by atoms with Crippen molar-refractivity contribution in [3.05, 3.63) is 29.0 Å². The van der Waals surface area contributed by atoms with Crippen molar-refractivity contribution in [1.29, 1.82) is 0 Å². The molecule has 3 heteroatoms. The second kappa shape index (κ2) is 10.2. The van der Waals surface area contributed by atoms with Gasteiger partial charge in [-0.1, -0.05) is 0 Å². The standard InChI is InChI=1S/C8H5S2.3C4H9.Sn/c1-3-7(9-5-1)8-4-2-6-10-8;3*1-3-4-2;/h1-3,5-6H;3*1,3-4H2,2H3;. The Morgan fingerprint density at radius 3 is 1.87 bits per heavy atom. The first kappa shape index (κ1) is 19.5. The fourth-order valence-electron chi connectivity index (χ4n) is 3.65. The third kappa shape index (κ3) is 5.09. The predicted octanol–water partition coefficient (Wildman–Crippen LogP) is 7.53. The van der Waals surface area contributed by atoms with E-state index in [0.29, 0.717) is 0 Å². The van der Waals surface area contributed by atoms with Gasteiger partial charge in [0.1, 0.15) is 0 Å². The average Bonchev–Trinajstić information content (AvgIpc) is 3.25. The molecule has 0 aliphatic carbocycles. The van der Waals surface area contributed by atoms with Crippen LogP contribution in [0.5, 0.6) is 0 Å². The van der Waals surface area contributed by atoms with Crippen molar-refractivity contribution in [3.8, 4) is 9.75 Å². The van der Waals surface area contributed by atoms with Crippen LogP contribution in [0.3, 0.4) is 0 Å². The molecule has 0 N–H and O–H groups in total. The molecule has 0 fully saturated rings. The molecule has 0 saturated carbocycles. The fraction of sp³-hybridized carbons (Fsp3) is 0.600. The van der Waals surface area contributed by atoms with E-state index >= 15 is 0 Å². The minimum atomic E-state index is -2.27. The first-order valence-electron chi connectivity index (χ1n) is 9.39. The Kier molecular flexibility index (Phi) is 8.70. The molecule has 0 spiro atoms. The molecule has 0 amide bonds. The fourth-order valence-corrected chi connectivity index (χ4v) is 24.2. The molecule has 2 heterocycles. The van der Waals surface area contributed by atoms with E-state index in [9.17, 15) is 0 Å². The molecule has 2 aromatic heterocycles. The predicted molar refractivity (Wildman–Crippen MR) is 112 cm³/mol. The summed E-state index contributed by atoms with van der Waals surface area (Å²) < 4.78 is 6.57. The molecule has 0 aliphatic rings. The van der Waals surface area contributed by atoms with Crippen LogP contribution >= 0.6 is 22.7 Å². The first-order valence-corrected chi connectivity index (χ1v) is 18.6. The van der Waals surface area contributed by atoms with Crippen LogP contribution in [-0.2, 0) is 0 Å². The van der Waals surface area contributed by atoms with Crippen LogP contribution in [-0.4, -0.2) is 18.4 Å². The van der Waals surface area contributed by atoms with E-state index in [4.69, 9.17) is 0 Å². The van der Waals surface area contributed by atoms with Crippen LogP contribution in [0.2, 0.25) is 13.3 Å². The summed E-state index contributed by atoms with van der Waals surface area (Å²) in [6, 6.07) is 7.08. The van der Waals surface area contributed by atoms with Crippen LogP contribution in [0, 0.1) is 0 Å². The maximum absolute atomic E-state index is 2.54. The van der Waals surface area contributed by atoms with Crippen molar-refractivity contribution < 1.29 is 0 Å². The minimum absolute atomic E-state index is 1.36. The van der Waals surface area contributed by atoms with Crippen molar-refractivity contribution in [2.24, 2.45) is 0 Å². The summed E-state index contributed by atoms with van der Waals surface area (Å²) in [7, 11) is 0. The van der Waals surface area contributed by atoms with Crippen LogP contribution < -0.4 is 3.58 Å². The number of hydrogen-bond donors (Lipinski definition) is 0. The molecule has 128 valence electrons. The molecule has 0 atom stereocenters. The van der Waals surface area contributed by atoms with Crippen LogP contribution in [0.1, 0.15) is 59.3 Å². The Balaban J connectivity index is 2.39. The second-order valence-corrected chi connectivity index (χ2v) is 21.7. The van der Waals surface area contributed by atoms with Gasteiger partial charge in [0.05, 0.1) is 0 Å². The maximum atomic E-state index is 2.54. The van der Waals surface area contributed by atoms with Crippen LogP contribution in [0.15, 0.2) is 29.0 Å². The van der Waals surface area contributed by atoms with Crippen molar-refractivity contribution in [1.82, 2.24) is 0 Å². The van der Waals surface area contributed by atoms with E-state index < -0.39 is 18.4 Å². The third-order valence-corrected chi connectivity index (χ3v) is 23.2. The molecule has 0 aromatic carbocycles. The molecule has 23 heavy (non-hydrogen) atoms. The molecular formula is C20H32S2Sn. The van der Waals surface area contributed by atoms with Crippen molar-refractivity contribution in [2.75, 3.05) is 0 Å². The molecular weight excluding hydrogens is 423 g/mol. The van der Waals surface area contributed by atoms with Crippen LogP contribution in [0.4, 0.5) is 0 Å². The zero-order valence-corrected chi connectivity index (χ0v) is 19.6. The molecule has 0 saturated heterocycles. The molecule has 2 rings (SSSR count). The van der Waals surface area contributed by atoms with Gasteiger partial charge in [0.15, 0.2) is 0 Å². The molecule has 0 bridgehead atoms. The topological polar surface area (TPSA) is 0 Å². The Hall–Kier alpha value is 0.199. The quantitative estimate of drug-likeness (QED) is 0.307. The summed E-state index contributed by atoms with van der Waals surface area (Å²) >= 11 is 1.65. The summed E-state index contributed by atoms with van der Waals surface area (Å²) in [6.07, 6.45) is 8.41. The Bertz CT molecular complexity index is 520. The van der Waals surface area contributed by atoms with Gasteiger partial charge < -0.3 is 0 Å². The molecule has 2 aromatic rings. The van der Waals surface area contributed by atoms with Gasteiger partial charge in [-0.05, 0) is 0 Å². The third-order valence-electron chi connectivity index (χ3n) is 5.01. The Labute approximate surface area is 155 Å². The summed E-state index contributed by atoms with van der Waals surface area (Å²) in [6.45, 7) is 7.10. The van der Waals surface area contributed by atoms with Gasteiger partial charge in [-0.3, -0.25) is 0 Å². The van der Waals surface area contributed by atoms with E-state index in [1.165, 1.54) is 43.4 Å². The van der Waals surface area contributed by atoms with Gasteiger partial charge >= 0.3 is 156 Å². The van der Waals surface area contributed by atoms with Gasteiger partial charge in [0.2, 0.25) is 0 Å². The number of rotatable bonds is 11. The molecule has 0 unspecified atom stereocenters. The van der Waals surface area contributed by atoms with Crippen molar-refractivity contribution in [2.45, 2.75) is 72.6 Å². The Morgan fingerprint density at radius 1 is 0.783 bits per heavy atom. The van der Waals surface area contributed by atoms with Gasteiger partial charge in [0, 0.05) is 0 Å². The van der Waals surface area contributed by atoms with Gasteiger partial charge in [-0.15, -0.1) is 0 Å². The second-order valence-electron chi connectivity index (χ2n) is 6.73. The molecule has 0 nitrogen and oxygen atoms in total.